The van der Waals surface area contributed by atoms with Crippen LogP contribution in [0.4, 0.5) is 0 Å². The minimum Gasteiger partial charge on any atom is -0.466 e. The van der Waals surface area contributed by atoms with Gasteiger partial charge < -0.3 is 15.0 Å². The number of nitrogens with one attached hydrogen (secondary N) is 1. The quantitative estimate of drug-likeness (QED) is 0.421. The van der Waals surface area contributed by atoms with E-state index in [0.29, 0.717) is 19.5 Å². The fourth-order valence-electron chi connectivity index (χ4n) is 2.44. The van der Waals surface area contributed by atoms with Gasteiger partial charge in [0, 0.05) is 23.8 Å². The number of amides is 2. The number of likely N-dealkylation sites (N-methyl/N-ethyl adjacent to an activating group) is 1. The molecule has 0 spiro atoms. The first-order valence-corrected chi connectivity index (χ1v) is 10.3. The van der Waals surface area contributed by atoms with E-state index in [1.165, 1.54) is 0 Å². The van der Waals surface area contributed by atoms with Crippen molar-refractivity contribution >= 4 is 34.7 Å². The lowest BCUT2D eigenvalue weighted by Crippen LogP contribution is -2.58. The topological polar surface area (TPSA) is 92.8 Å². The van der Waals surface area contributed by atoms with E-state index < -0.39 is 21.9 Å². The van der Waals surface area contributed by atoms with Crippen LogP contribution < -0.4 is 5.32 Å². The molecule has 0 rings (SSSR count). The molecule has 156 valence electrons. The maximum Gasteiger partial charge on any atom is 0.314 e. The molecule has 0 radical (unpaired) electrons. The van der Waals surface area contributed by atoms with Crippen molar-refractivity contribution in [1.82, 2.24) is 10.2 Å². The average Bonchev–Trinajstić information content (AvgIpc) is 2.58. The smallest absolute Gasteiger partial charge is 0.314 e. The SMILES string of the molecule is CCOC(=O)CC(=O)SC(C)(C)C(NC(=O)C(C)CC)C(=O)N(CC)CC. The highest BCUT2D eigenvalue weighted by molar-refractivity contribution is 8.14. The van der Waals surface area contributed by atoms with Gasteiger partial charge in [-0.15, -0.1) is 0 Å². The molecule has 27 heavy (non-hydrogen) atoms. The normalized spacial score (nSPS) is 13.4. The third kappa shape index (κ3) is 8.32. The van der Waals surface area contributed by atoms with E-state index in [1.807, 2.05) is 20.8 Å². The van der Waals surface area contributed by atoms with Gasteiger partial charge in [0.15, 0.2) is 0 Å². The van der Waals surface area contributed by atoms with Crippen molar-refractivity contribution in [2.75, 3.05) is 19.7 Å². The number of carbonyl (C=O) groups excluding carboxylic acids is 4. The van der Waals surface area contributed by atoms with E-state index >= 15 is 0 Å². The van der Waals surface area contributed by atoms with Crippen LogP contribution in [0.15, 0.2) is 0 Å². The van der Waals surface area contributed by atoms with E-state index in [1.54, 1.807) is 32.6 Å². The van der Waals surface area contributed by atoms with E-state index in [4.69, 9.17) is 4.74 Å². The molecule has 2 atom stereocenters. The lowest BCUT2D eigenvalue weighted by Gasteiger charge is -2.36. The summed E-state index contributed by atoms with van der Waals surface area (Å²) in [5.74, 6) is -1.30. The summed E-state index contributed by atoms with van der Waals surface area (Å²) in [5, 5.41) is 2.43. The van der Waals surface area contributed by atoms with Crippen LogP contribution in [-0.4, -0.2) is 58.3 Å². The molecule has 0 saturated heterocycles. The number of nitrogens with zero attached hydrogens (tertiary/aromatic N) is 1. The van der Waals surface area contributed by atoms with Gasteiger partial charge >= 0.3 is 5.97 Å². The van der Waals surface area contributed by atoms with E-state index in [0.717, 1.165) is 11.8 Å². The van der Waals surface area contributed by atoms with Crippen molar-refractivity contribution in [3.63, 3.8) is 0 Å². The van der Waals surface area contributed by atoms with Gasteiger partial charge in [0.1, 0.15) is 12.5 Å². The van der Waals surface area contributed by atoms with Crippen LogP contribution in [0.1, 0.15) is 61.3 Å². The maximum atomic E-state index is 13.0. The summed E-state index contributed by atoms with van der Waals surface area (Å²) >= 11 is 0.890. The van der Waals surface area contributed by atoms with Crippen LogP contribution in [0.5, 0.6) is 0 Å². The third-order valence-electron chi connectivity index (χ3n) is 4.33. The molecule has 0 aromatic rings. The number of rotatable bonds is 11. The van der Waals surface area contributed by atoms with Crippen LogP contribution in [0, 0.1) is 5.92 Å². The van der Waals surface area contributed by atoms with Crippen molar-refractivity contribution in [1.29, 1.82) is 0 Å². The highest BCUT2D eigenvalue weighted by Gasteiger charge is 2.41. The van der Waals surface area contributed by atoms with Crippen LogP contribution in [0.3, 0.4) is 0 Å². The zero-order chi connectivity index (χ0) is 21.2. The highest BCUT2D eigenvalue weighted by atomic mass is 32.2. The zero-order valence-electron chi connectivity index (χ0n) is 17.6. The monoisotopic (exact) mass is 402 g/mol. The molecule has 0 fully saturated rings. The predicted molar refractivity (Wildman–Crippen MR) is 107 cm³/mol. The van der Waals surface area contributed by atoms with Gasteiger partial charge in [-0.2, -0.15) is 0 Å². The first-order valence-electron chi connectivity index (χ1n) is 9.50. The Kier molecular flexibility index (Phi) is 11.3. The van der Waals surface area contributed by atoms with Gasteiger partial charge in [-0.3, -0.25) is 19.2 Å². The first kappa shape index (κ1) is 25.4. The third-order valence-corrected chi connectivity index (χ3v) is 5.47. The van der Waals surface area contributed by atoms with Crippen molar-refractivity contribution in [3.8, 4) is 0 Å². The van der Waals surface area contributed by atoms with Gasteiger partial charge in [0.05, 0.1) is 6.61 Å². The second-order valence-electron chi connectivity index (χ2n) is 6.82. The number of hydrogen-bond donors (Lipinski definition) is 1. The lowest BCUT2D eigenvalue weighted by molar-refractivity contribution is -0.144. The van der Waals surface area contributed by atoms with Crippen LogP contribution in [0.2, 0.25) is 0 Å². The number of ether oxygens (including phenoxy) is 1. The minimum absolute atomic E-state index is 0.203. The molecule has 2 unspecified atom stereocenters. The van der Waals surface area contributed by atoms with Gasteiger partial charge in [0.25, 0.3) is 0 Å². The summed E-state index contributed by atoms with van der Waals surface area (Å²) in [7, 11) is 0. The number of carbonyl (C=O) groups is 4. The molecular formula is C19H34N2O5S. The number of thioether (sulfide) groups is 1. The van der Waals surface area contributed by atoms with Crippen molar-refractivity contribution in [2.45, 2.75) is 72.1 Å². The van der Waals surface area contributed by atoms with Crippen molar-refractivity contribution in [3.05, 3.63) is 0 Å². The molecule has 0 aliphatic rings. The van der Waals surface area contributed by atoms with E-state index in [-0.39, 0.29) is 30.8 Å². The Labute approximate surface area is 167 Å². The number of esters is 1. The van der Waals surface area contributed by atoms with Gasteiger partial charge in [-0.1, -0.05) is 25.6 Å². The second-order valence-corrected chi connectivity index (χ2v) is 8.53. The van der Waals surface area contributed by atoms with Gasteiger partial charge in [-0.05, 0) is 41.0 Å². The van der Waals surface area contributed by atoms with Crippen LogP contribution >= 0.6 is 11.8 Å². The molecule has 0 aliphatic heterocycles. The van der Waals surface area contributed by atoms with Gasteiger partial charge in [-0.25, -0.2) is 0 Å². The molecule has 2 amide bonds. The van der Waals surface area contributed by atoms with Crippen LogP contribution in [0.25, 0.3) is 0 Å². The summed E-state index contributed by atoms with van der Waals surface area (Å²) in [6, 6.07) is -0.880. The fourth-order valence-corrected chi connectivity index (χ4v) is 3.49. The fraction of sp³-hybridized carbons (Fsp3) is 0.789. The summed E-state index contributed by atoms with van der Waals surface area (Å²) in [6.07, 6.45) is 0.279. The molecule has 0 saturated carbocycles. The molecule has 7 nitrogen and oxygen atoms in total. The van der Waals surface area contributed by atoms with E-state index in [2.05, 4.69) is 5.32 Å². The Bertz CT molecular complexity index is 532. The molecule has 1 N–H and O–H groups in total. The second kappa shape index (κ2) is 12.0. The maximum absolute atomic E-state index is 13.0. The molecular weight excluding hydrogens is 368 g/mol. The van der Waals surface area contributed by atoms with Crippen LogP contribution in [-0.2, 0) is 23.9 Å². The zero-order valence-corrected chi connectivity index (χ0v) is 18.4. The largest absolute Gasteiger partial charge is 0.466 e. The molecule has 0 heterocycles. The Morgan fingerprint density at radius 3 is 2.07 bits per heavy atom. The molecule has 0 aromatic carbocycles. The summed E-state index contributed by atoms with van der Waals surface area (Å²) in [5.41, 5.74) is 0. The van der Waals surface area contributed by atoms with Gasteiger partial charge in [0.2, 0.25) is 16.9 Å². The molecule has 0 aliphatic carbocycles. The van der Waals surface area contributed by atoms with Crippen molar-refractivity contribution in [2.24, 2.45) is 5.92 Å². The highest BCUT2D eigenvalue weighted by Crippen LogP contribution is 2.31. The average molecular weight is 403 g/mol. The van der Waals surface area contributed by atoms with Crippen molar-refractivity contribution < 1.29 is 23.9 Å². The Balaban J connectivity index is 5.47. The first-order chi connectivity index (χ1) is 12.5. The summed E-state index contributed by atoms with van der Waals surface area (Å²) < 4.78 is 3.88. The Morgan fingerprint density at radius 1 is 1.07 bits per heavy atom. The Morgan fingerprint density at radius 2 is 1.63 bits per heavy atom. The minimum atomic E-state index is -0.924. The lowest BCUT2D eigenvalue weighted by atomic mass is 9.99. The van der Waals surface area contributed by atoms with E-state index in [9.17, 15) is 19.2 Å². The summed E-state index contributed by atoms with van der Waals surface area (Å²) in [6.45, 7) is 13.7. The summed E-state index contributed by atoms with van der Waals surface area (Å²) in [4.78, 5) is 50.9. The predicted octanol–water partition coefficient (Wildman–Crippen LogP) is 2.38. The molecule has 8 heteroatoms. The standard InChI is InChI=1S/C19H34N2O5S/c1-8-13(5)17(24)20-16(18(25)21(9-2)10-3)19(6,7)27-15(23)12-14(22)26-11-4/h13,16H,8-12H2,1-7H3,(H,20,24). The Hall–Kier alpha value is -1.57. The number of hydrogen-bond acceptors (Lipinski definition) is 6. The molecule has 0 aromatic heterocycles. The molecule has 0 bridgehead atoms.